The Morgan fingerprint density at radius 3 is 2.37 bits per heavy atom. The number of carbonyl (C=O) groups is 1. The first kappa shape index (κ1) is 14.3. The lowest BCUT2D eigenvalue weighted by Crippen LogP contribution is -2.40. The average Bonchev–Trinajstić information content (AvgIpc) is 2.88. The zero-order valence-electron chi connectivity index (χ0n) is 12.1. The number of aldehydes is 1. The maximum Gasteiger partial charge on any atom is 0.127 e. The number of carbonyl (C=O) groups excluding carboxylic acids is 1. The van der Waals surface area contributed by atoms with Gasteiger partial charge in [0.05, 0.1) is 0 Å². The number of hydrogen-bond acceptors (Lipinski definition) is 2. The fourth-order valence-electron chi connectivity index (χ4n) is 3.04. The van der Waals surface area contributed by atoms with Gasteiger partial charge in [-0.05, 0) is 32.3 Å². The molecule has 0 unspecified atom stereocenters. The monoisotopic (exact) mass is 259 g/mol. The van der Waals surface area contributed by atoms with E-state index in [0.717, 1.165) is 25.9 Å². The Balaban J connectivity index is 2.06. The normalized spacial score (nSPS) is 18.1. The van der Waals surface area contributed by atoms with E-state index in [-0.39, 0.29) is 5.41 Å². The quantitative estimate of drug-likeness (QED) is 0.727. The molecule has 0 bridgehead atoms. The smallest absolute Gasteiger partial charge is 0.127 e. The van der Waals surface area contributed by atoms with Crippen LogP contribution in [0.1, 0.15) is 45.1 Å². The third kappa shape index (κ3) is 3.66. The maximum absolute atomic E-state index is 11.5. The van der Waals surface area contributed by atoms with E-state index in [9.17, 15) is 4.79 Å². The van der Waals surface area contributed by atoms with Gasteiger partial charge in [-0.3, -0.25) is 4.90 Å². The van der Waals surface area contributed by atoms with Gasteiger partial charge < -0.3 is 4.79 Å². The summed E-state index contributed by atoms with van der Waals surface area (Å²) < 4.78 is 0. The maximum atomic E-state index is 11.5. The molecule has 0 aromatic heterocycles. The third-order valence-electron chi connectivity index (χ3n) is 4.33. The Morgan fingerprint density at radius 2 is 1.84 bits per heavy atom. The zero-order chi connectivity index (χ0) is 13.7. The highest BCUT2D eigenvalue weighted by Crippen LogP contribution is 2.37. The van der Waals surface area contributed by atoms with Crippen molar-refractivity contribution in [2.24, 2.45) is 5.41 Å². The van der Waals surface area contributed by atoms with Crippen molar-refractivity contribution in [1.82, 2.24) is 4.90 Å². The van der Waals surface area contributed by atoms with E-state index in [0.29, 0.717) is 6.04 Å². The van der Waals surface area contributed by atoms with Crippen LogP contribution in [0.15, 0.2) is 30.3 Å². The molecule has 104 valence electrons. The molecule has 1 aliphatic rings. The van der Waals surface area contributed by atoms with E-state index >= 15 is 0 Å². The first-order chi connectivity index (χ1) is 9.15. The van der Waals surface area contributed by atoms with Crippen LogP contribution in [-0.4, -0.2) is 23.8 Å². The molecular formula is C17H25NO. The van der Waals surface area contributed by atoms with E-state index in [1.54, 1.807) is 0 Å². The fourth-order valence-corrected chi connectivity index (χ4v) is 3.04. The van der Waals surface area contributed by atoms with Gasteiger partial charge in [0.1, 0.15) is 6.29 Å². The third-order valence-corrected chi connectivity index (χ3v) is 4.33. The van der Waals surface area contributed by atoms with Crippen LogP contribution in [0.3, 0.4) is 0 Å². The van der Waals surface area contributed by atoms with Gasteiger partial charge in [-0.15, -0.1) is 0 Å². The Morgan fingerprint density at radius 1 is 1.21 bits per heavy atom. The van der Waals surface area contributed by atoms with Gasteiger partial charge in [-0.1, -0.05) is 43.2 Å². The number of rotatable bonds is 6. The van der Waals surface area contributed by atoms with Crippen LogP contribution in [-0.2, 0) is 11.3 Å². The summed E-state index contributed by atoms with van der Waals surface area (Å²) in [5, 5.41) is 0. The molecule has 1 saturated carbocycles. The van der Waals surface area contributed by atoms with Crippen LogP contribution < -0.4 is 0 Å². The second-order valence-corrected chi connectivity index (χ2v) is 6.17. The van der Waals surface area contributed by atoms with Gasteiger partial charge in [0.15, 0.2) is 0 Å². The molecule has 0 N–H and O–H groups in total. The highest BCUT2D eigenvalue weighted by atomic mass is 16.1. The summed E-state index contributed by atoms with van der Waals surface area (Å²) in [5.41, 5.74) is 1.24. The molecule has 0 aliphatic heterocycles. The SMILES string of the molecule is CC(C)N(Cc1ccccc1)CC1(C=O)CCCC1. The van der Waals surface area contributed by atoms with Crippen LogP contribution in [0.5, 0.6) is 0 Å². The average molecular weight is 259 g/mol. The molecule has 0 spiro atoms. The van der Waals surface area contributed by atoms with Gasteiger partial charge in [0, 0.05) is 24.5 Å². The van der Waals surface area contributed by atoms with Crippen molar-refractivity contribution in [3.63, 3.8) is 0 Å². The second kappa shape index (κ2) is 6.33. The minimum atomic E-state index is -0.0843. The molecule has 0 amide bonds. The molecule has 1 aliphatic carbocycles. The summed E-state index contributed by atoms with van der Waals surface area (Å²) in [6, 6.07) is 11.0. The highest BCUT2D eigenvalue weighted by molar-refractivity contribution is 5.60. The molecule has 1 aromatic rings. The number of benzene rings is 1. The summed E-state index contributed by atoms with van der Waals surface area (Å²) in [4.78, 5) is 14.0. The number of hydrogen-bond donors (Lipinski definition) is 0. The lowest BCUT2D eigenvalue weighted by atomic mass is 9.87. The highest BCUT2D eigenvalue weighted by Gasteiger charge is 2.35. The van der Waals surface area contributed by atoms with Gasteiger partial charge in [-0.2, -0.15) is 0 Å². The molecule has 2 nitrogen and oxygen atoms in total. The topological polar surface area (TPSA) is 20.3 Å². The summed E-state index contributed by atoms with van der Waals surface area (Å²) in [6.45, 7) is 6.28. The molecule has 0 heterocycles. The van der Waals surface area contributed by atoms with E-state index in [1.165, 1.54) is 24.7 Å². The van der Waals surface area contributed by atoms with Crippen molar-refractivity contribution in [2.75, 3.05) is 6.54 Å². The minimum absolute atomic E-state index is 0.0843. The van der Waals surface area contributed by atoms with Crippen molar-refractivity contribution in [2.45, 2.75) is 52.1 Å². The Bertz CT molecular complexity index is 393. The van der Waals surface area contributed by atoms with Crippen molar-refractivity contribution in [3.05, 3.63) is 35.9 Å². The first-order valence-electron chi connectivity index (χ1n) is 7.39. The van der Waals surface area contributed by atoms with E-state index in [2.05, 4.69) is 43.0 Å². The van der Waals surface area contributed by atoms with Crippen LogP contribution >= 0.6 is 0 Å². The van der Waals surface area contributed by atoms with Crippen LogP contribution in [0.25, 0.3) is 0 Å². The van der Waals surface area contributed by atoms with E-state index < -0.39 is 0 Å². The molecule has 0 saturated heterocycles. The molecule has 0 radical (unpaired) electrons. The van der Waals surface area contributed by atoms with Crippen molar-refractivity contribution in [3.8, 4) is 0 Å². The first-order valence-corrected chi connectivity index (χ1v) is 7.39. The number of nitrogens with zero attached hydrogens (tertiary/aromatic N) is 1. The molecule has 1 aromatic carbocycles. The Hall–Kier alpha value is -1.15. The molecule has 19 heavy (non-hydrogen) atoms. The Labute approximate surface area is 116 Å². The summed E-state index contributed by atoms with van der Waals surface area (Å²) in [5.74, 6) is 0. The molecule has 2 rings (SSSR count). The summed E-state index contributed by atoms with van der Waals surface area (Å²) in [6.07, 6.45) is 5.76. The molecule has 0 atom stereocenters. The van der Waals surface area contributed by atoms with E-state index in [1.807, 2.05) is 6.07 Å². The van der Waals surface area contributed by atoms with Crippen LogP contribution in [0.2, 0.25) is 0 Å². The molecule has 1 fully saturated rings. The Kier molecular flexibility index (Phi) is 4.76. The summed E-state index contributed by atoms with van der Waals surface area (Å²) in [7, 11) is 0. The van der Waals surface area contributed by atoms with Crippen molar-refractivity contribution < 1.29 is 4.79 Å². The van der Waals surface area contributed by atoms with Gasteiger partial charge in [0.25, 0.3) is 0 Å². The second-order valence-electron chi connectivity index (χ2n) is 6.17. The predicted octanol–water partition coefficient (Wildman–Crippen LogP) is 3.66. The van der Waals surface area contributed by atoms with Crippen molar-refractivity contribution in [1.29, 1.82) is 0 Å². The van der Waals surface area contributed by atoms with Gasteiger partial charge >= 0.3 is 0 Å². The van der Waals surface area contributed by atoms with Gasteiger partial charge in [0.2, 0.25) is 0 Å². The lowest BCUT2D eigenvalue weighted by Gasteiger charge is -2.34. The van der Waals surface area contributed by atoms with Crippen LogP contribution in [0.4, 0.5) is 0 Å². The molecule has 2 heteroatoms. The van der Waals surface area contributed by atoms with E-state index in [4.69, 9.17) is 0 Å². The van der Waals surface area contributed by atoms with Gasteiger partial charge in [-0.25, -0.2) is 0 Å². The predicted molar refractivity (Wildman–Crippen MR) is 79.0 cm³/mol. The standard InChI is InChI=1S/C17H25NO/c1-15(2)18(12-16-8-4-3-5-9-16)13-17(14-19)10-6-7-11-17/h3-5,8-9,14-15H,6-7,10-13H2,1-2H3. The van der Waals surface area contributed by atoms with Crippen LogP contribution in [0, 0.1) is 5.41 Å². The summed E-state index contributed by atoms with van der Waals surface area (Å²) >= 11 is 0. The zero-order valence-corrected chi connectivity index (χ0v) is 12.1. The fraction of sp³-hybridized carbons (Fsp3) is 0.588. The molecular weight excluding hydrogens is 234 g/mol. The lowest BCUT2D eigenvalue weighted by molar-refractivity contribution is -0.117. The largest absolute Gasteiger partial charge is 0.303 e. The van der Waals surface area contributed by atoms with Crippen molar-refractivity contribution >= 4 is 6.29 Å². The minimum Gasteiger partial charge on any atom is -0.303 e.